The summed E-state index contributed by atoms with van der Waals surface area (Å²) >= 11 is 18.1. The first kappa shape index (κ1) is 12.2. The predicted molar refractivity (Wildman–Crippen MR) is 73.8 cm³/mol. The van der Waals surface area contributed by atoms with Crippen LogP contribution in [0, 0.1) is 0 Å². The van der Waals surface area contributed by atoms with Crippen molar-refractivity contribution in [2.75, 3.05) is 0 Å². The molecule has 1 nitrogen and oxygen atoms in total. The number of alkyl halides is 1. The second-order valence-electron chi connectivity index (χ2n) is 2.82. The molecular formula is C9H4Br3ClOS. The topological polar surface area (TPSA) is 13.1 Å². The van der Waals surface area contributed by atoms with Crippen LogP contribution in [-0.4, -0.2) is 0 Å². The number of thiophene rings is 1. The Morgan fingerprint density at radius 1 is 1.27 bits per heavy atom. The summed E-state index contributed by atoms with van der Waals surface area (Å²) in [6.45, 7) is 0. The van der Waals surface area contributed by atoms with Gasteiger partial charge in [0.25, 0.3) is 0 Å². The lowest BCUT2D eigenvalue weighted by Crippen LogP contribution is -1.85. The normalized spacial score (nSPS) is 13.1. The molecule has 0 N–H and O–H groups in total. The first-order valence-electron chi connectivity index (χ1n) is 3.90. The smallest absolute Gasteiger partial charge is 0.169 e. The molecule has 0 aliphatic heterocycles. The number of hydrogen-bond acceptors (Lipinski definition) is 2. The lowest BCUT2D eigenvalue weighted by Gasteiger charge is -2.01. The highest BCUT2D eigenvalue weighted by Crippen LogP contribution is 2.41. The van der Waals surface area contributed by atoms with Gasteiger partial charge in [0, 0.05) is 14.9 Å². The van der Waals surface area contributed by atoms with E-state index in [4.69, 9.17) is 16.0 Å². The Hall–Kier alpha value is 0.710. The van der Waals surface area contributed by atoms with Crippen LogP contribution in [-0.2, 0) is 0 Å². The summed E-state index contributed by atoms with van der Waals surface area (Å²) < 4.78 is 7.92. The molecule has 0 saturated carbocycles. The molecule has 2 rings (SSSR count). The van der Waals surface area contributed by atoms with Crippen LogP contribution in [0.2, 0.25) is 0 Å². The third-order valence-corrected chi connectivity index (χ3v) is 6.15. The maximum Gasteiger partial charge on any atom is 0.169 e. The van der Waals surface area contributed by atoms with Gasteiger partial charge < -0.3 is 4.42 Å². The highest BCUT2D eigenvalue weighted by molar-refractivity contribution is 9.13. The lowest BCUT2D eigenvalue weighted by atomic mass is 10.2. The highest BCUT2D eigenvalue weighted by Gasteiger charge is 2.17. The summed E-state index contributed by atoms with van der Waals surface area (Å²) in [4.78, 5) is 1.07. The van der Waals surface area contributed by atoms with Crippen LogP contribution in [0.1, 0.15) is 15.8 Å². The average molecular weight is 435 g/mol. The molecule has 0 radical (unpaired) electrons. The molecule has 15 heavy (non-hydrogen) atoms. The second kappa shape index (κ2) is 4.92. The zero-order valence-electron chi connectivity index (χ0n) is 7.14. The van der Waals surface area contributed by atoms with Crippen molar-refractivity contribution in [3.8, 4) is 0 Å². The molecule has 0 aliphatic rings. The minimum atomic E-state index is -0.173. The molecule has 0 spiro atoms. The van der Waals surface area contributed by atoms with Gasteiger partial charge in [-0.25, -0.2) is 0 Å². The van der Waals surface area contributed by atoms with Crippen molar-refractivity contribution in [2.45, 2.75) is 5.38 Å². The number of hydrogen-bond donors (Lipinski definition) is 0. The Morgan fingerprint density at radius 3 is 2.47 bits per heavy atom. The van der Waals surface area contributed by atoms with Gasteiger partial charge in [0.2, 0.25) is 0 Å². The van der Waals surface area contributed by atoms with Crippen LogP contribution >= 0.6 is 70.7 Å². The molecule has 0 bridgehead atoms. The first-order valence-corrected chi connectivity index (χ1v) is 7.54. The predicted octanol–water partition coefficient (Wildman–Crippen LogP) is 5.96. The summed E-state index contributed by atoms with van der Waals surface area (Å²) in [5.41, 5.74) is 0.949. The van der Waals surface area contributed by atoms with E-state index < -0.39 is 0 Å². The molecule has 6 heteroatoms. The van der Waals surface area contributed by atoms with Crippen molar-refractivity contribution in [3.05, 3.63) is 41.8 Å². The van der Waals surface area contributed by atoms with Crippen LogP contribution in [0.15, 0.2) is 35.7 Å². The summed E-state index contributed by atoms with van der Waals surface area (Å²) in [5.74, 6) is 0. The molecule has 1 unspecified atom stereocenters. The lowest BCUT2D eigenvalue weighted by molar-refractivity contribution is 0.539. The van der Waals surface area contributed by atoms with Gasteiger partial charge in [-0.3, -0.25) is 0 Å². The van der Waals surface area contributed by atoms with Crippen LogP contribution < -0.4 is 0 Å². The molecule has 2 heterocycles. The third kappa shape index (κ3) is 2.69. The fourth-order valence-corrected chi connectivity index (χ4v) is 3.87. The van der Waals surface area contributed by atoms with Gasteiger partial charge >= 0.3 is 0 Å². The van der Waals surface area contributed by atoms with Gasteiger partial charge in [0.15, 0.2) is 4.67 Å². The van der Waals surface area contributed by atoms with E-state index in [1.807, 2.05) is 12.1 Å². The van der Waals surface area contributed by atoms with Crippen LogP contribution in [0.25, 0.3) is 0 Å². The van der Waals surface area contributed by atoms with E-state index in [2.05, 4.69) is 47.8 Å². The van der Waals surface area contributed by atoms with Crippen molar-refractivity contribution in [1.82, 2.24) is 0 Å². The zero-order valence-corrected chi connectivity index (χ0v) is 13.5. The van der Waals surface area contributed by atoms with E-state index in [1.165, 1.54) is 0 Å². The number of furan rings is 1. The Morgan fingerprint density at radius 2 is 2.00 bits per heavy atom. The van der Waals surface area contributed by atoms with Crippen LogP contribution in [0.3, 0.4) is 0 Å². The molecule has 80 valence electrons. The molecule has 2 aromatic rings. The summed E-state index contributed by atoms with van der Waals surface area (Å²) in [5, 5.41) is -0.173. The fourth-order valence-electron chi connectivity index (χ4n) is 1.11. The summed E-state index contributed by atoms with van der Waals surface area (Å²) in [6, 6.07) is 3.88. The monoisotopic (exact) mass is 432 g/mol. The Kier molecular flexibility index (Phi) is 3.99. The van der Waals surface area contributed by atoms with Crippen LogP contribution in [0.5, 0.6) is 0 Å². The molecule has 0 saturated heterocycles. The number of rotatable bonds is 2. The molecule has 1 atom stereocenters. The van der Waals surface area contributed by atoms with E-state index in [0.717, 1.165) is 18.7 Å². The van der Waals surface area contributed by atoms with E-state index in [9.17, 15) is 0 Å². The fraction of sp³-hybridized carbons (Fsp3) is 0.111. The van der Waals surface area contributed by atoms with Crippen molar-refractivity contribution >= 4 is 70.7 Å². The standard InChI is InChI=1S/C9H4Br3ClOS/c10-5-2-6(15-9(5)12)8(13)4-1-7(11)14-3-4/h1-3,8H. The molecule has 0 aromatic carbocycles. The second-order valence-corrected chi connectivity index (χ2v) is 7.29. The quantitative estimate of drug-likeness (QED) is 0.531. The van der Waals surface area contributed by atoms with Crippen LogP contribution in [0.4, 0.5) is 0 Å². The minimum absolute atomic E-state index is 0.173. The SMILES string of the molecule is ClC(c1coc(Br)c1)c1cc(Br)c(Br)s1. The molecule has 0 aliphatic carbocycles. The van der Waals surface area contributed by atoms with Gasteiger partial charge in [-0.05, 0) is 59.9 Å². The molecule has 0 fully saturated rings. The Balaban J connectivity index is 2.31. The largest absolute Gasteiger partial charge is 0.457 e. The van der Waals surface area contributed by atoms with Gasteiger partial charge in [-0.2, -0.15) is 0 Å². The van der Waals surface area contributed by atoms with Crippen molar-refractivity contribution in [2.24, 2.45) is 0 Å². The highest BCUT2D eigenvalue weighted by atomic mass is 79.9. The molecule has 0 amide bonds. The van der Waals surface area contributed by atoms with Crippen molar-refractivity contribution < 1.29 is 4.42 Å². The Labute approximate surface area is 121 Å². The third-order valence-electron chi connectivity index (χ3n) is 1.79. The average Bonchev–Trinajstić information content (AvgIpc) is 2.74. The summed E-state index contributed by atoms with van der Waals surface area (Å²) in [7, 11) is 0. The van der Waals surface area contributed by atoms with Gasteiger partial charge in [-0.15, -0.1) is 22.9 Å². The van der Waals surface area contributed by atoms with Crippen molar-refractivity contribution in [1.29, 1.82) is 0 Å². The van der Waals surface area contributed by atoms with E-state index in [0.29, 0.717) is 4.67 Å². The van der Waals surface area contributed by atoms with Gasteiger partial charge in [0.1, 0.15) is 0 Å². The summed E-state index contributed by atoms with van der Waals surface area (Å²) in [6.07, 6.45) is 1.66. The maximum atomic E-state index is 6.32. The van der Waals surface area contributed by atoms with E-state index in [-0.39, 0.29) is 5.38 Å². The minimum Gasteiger partial charge on any atom is -0.457 e. The Bertz CT molecular complexity index is 460. The van der Waals surface area contributed by atoms with E-state index in [1.54, 1.807) is 17.6 Å². The first-order chi connectivity index (χ1) is 7.08. The van der Waals surface area contributed by atoms with E-state index >= 15 is 0 Å². The van der Waals surface area contributed by atoms with Gasteiger partial charge in [0.05, 0.1) is 15.4 Å². The molecular weight excluding hydrogens is 431 g/mol. The molecule has 2 aromatic heterocycles. The number of halogens is 4. The van der Waals surface area contributed by atoms with Gasteiger partial charge in [-0.1, -0.05) is 0 Å². The van der Waals surface area contributed by atoms with Crippen molar-refractivity contribution in [3.63, 3.8) is 0 Å². The maximum absolute atomic E-state index is 6.32. The zero-order chi connectivity index (χ0) is 11.0.